The Hall–Kier alpha value is -1.94. The molecule has 4 nitrogen and oxygen atoms in total. The highest BCUT2D eigenvalue weighted by Gasteiger charge is 2.64. The molecule has 0 saturated heterocycles. The molecule has 0 aromatic heterocycles. The van der Waals surface area contributed by atoms with Gasteiger partial charge >= 0.3 is 0 Å². The zero-order valence-corrected chi connectivity index (χ0v) is 15.1. The number of ketones is 1. The molecule has 1 aliphatic heterocycles. The molecule has 25 heavy (non-hydrogen) atoms. The number of hydrogen-bond acceptors (Lipinski definition) is 3. The number of alkyl halides is 1. The van der Waals surface area contributed by atoms with Crippen LogP contribution in [0.4, 0.5) is 5.69 Å². The van der Waals surface area contributed by atoms with Crippen molar-refractivity contribution in [2.45, 2.75) is 37.1 Å². The smallest absolute Gasteiger partial charge is 0.232 e. The van der Waals surface area contributed by atoms with E-state index >= 15 is 0 Å². The molecule has 4 rings (SSSR count). The van der Waals surface area contributed by atoms with Crippen molar-refractivity contribution >= 4 is 35.7 Å². The fourth-order valence-electron chi connectivity index (χ4n) is 5.28. The standard InChI is InChI=1S/C20H21ClN2O2/c1-5-10-13(21)9-12-17(24)20(10,22-4)11-7-6-8-14-15(11)16(18(25)23-14)19(12,2)3/h5-8,10,12-13,16H,1,4,9H2,2-3H3,(H,23,25)/t10-,12-,13-,16+,20-/m1/s1. The van der Waals surface area contributed by atoms with Crippen LogP contribution in [0.3, 0.4) is 0 Å². The summed E-state index contributed by atoms with van der Waals surface area (Å²) in [5, 5.41) is 2.69. The summed E-state index contributed by atoms with van der Waals surface area (Å²) in [6.07, 6.45) is 2.23. The van der Waals surface area contributed by atoms with Gasteiger partial charge in [-0.05, 0) is 35.7 Å². The Morgan fingerprint density at radius 3 is 2.72 bits per heavy atom. The Kier molecular flexibility index (Phi) is 3.33. The van der Waals surface area contributed by atoms with E-state index in [0.717, 1.165) is 16.8 Å². The number of aliphatic imine (C=N–C) groups is 1. The molecular formula is C20H21ClN2O2. The quantitative estimate of drug-likeness (QED) is 0.499. The molecule has 5 atom stereocenters. The second-order valence-electron chi connectivity index (χ2n) is 7.86. The molecule has 2 aliphatic carbocycles. The molecule has 2 bridgehead atoms. The van der Waals surface area contributed by atoms with Crippen LogP contribution in [-0.2, 0) is 15.1 Å². The summed E-state index contributed by atoms with van der Waals surface area (Å²) >= 11 is 6.72. The molecule has 1 fully saturated rings. The maximum atomic E-state index is 13.7. The zero-order chi connectivity index (χ0) is 18.1. The van der Waals surface area contributed by atoms with Gasteiger partial charge in [0.15, 0.2) is 11.3 Å². The van der Waals surface area contributed by atoms with Gasteiger partial charge in [0, 0.05) is 22.9 Å². The van der Waals surface area contributed by atoms with Gasteiger partial charge in [0.1, 0.15) is 0 Å². The minimum Gasteiger partial charge on any atom is -0.325 e. The molecule has 1 amide bonds. The van der Waals surface area contributed by atoms with Crippen LogP contribution in [0.25, 0.3) is 0 Å². The minimum atomic E-state index is -1.18. The summed E-state index contributed by atoms with van der Waals surface area (Å²) < 4.78 is 0. The number of carbonyl (C=O) groups excluding carboxylic acids is 2. The number of nitrogens with zero attached hydrogens (tertiary/aromatic N) is 1. The van der Waals surface area contributed by atoms with Gasteiger partial charge in [-0.25, -0.2) is 0 Å². The maximum absolute atomic E-state index is 13.7. The highest BCUT2D eigenvalue weighted by atomic mass is 35.5. The van der Waals surface area contributed by atoms with Crippen molar-refractivity contribution in [3.05, 3.63) is 42.0 Å². The fraction of sp³-hybridized carbons (Fsp3) is 0.450. The van der Waals surface area contributed by atoms with Crippen molar-refractivity contribution in [2.75, 3.05) is 5.32 Å². The number of carbonyl (C=O) groups is 2. The Balaban J connectivity index is 2.15. The first kappa shape index (κ1) is 16.5. The molecule has 0 unspecified atom stereocenters. The number of amides is 1. The molecule has 0 spiro atoms. The summed E-state index contributed by atoms with van der Waals surface area (Å²) in [5.41, 5.74) is 0.644. The Morgan fingerprint density at radius 2 is 2.08 bits per heavy atom. The number of hydrogen-bond donors (Lipinski definition) is 1. The van der Waals surface area contributed by atoms with Gasteiger partial charge in [0.25, 0.3) is 0 Å². The summed E-state index contributed by atoms with van der Waals surface area (Å²) in [7, 11) is 0. The summed E-state index contributed by atoms with van der Waals surface area (Å²) in [5.74, 6) is -1.18. The fourth-order valence-corrected chi connectivity index (χ4v) is 5.74. The molecule has 0 radical (unpaired) electrons. The van der Waals surface area contributed by atoms with Gasteiger partial charge in [-0.2, -0.15) is 0 Å². The summed E-state index contributed by atoms with van der Waals surface area (Å²) in [6.45, 7) is 11.7. The predicted molar refractivity (Wildman–Crippen MR) is 99.3 cm³/mol. The van der Waals surface area contributed by atoms with Gasteiger partial charge in [-0.15, -0.1) is 18.2 Å². The number of Topliss-reactive ketones (excluding diaryl/α,β-unsaturated/α-hetero) is 1. The lowest BCUT2D eigenvalue weighted by Gasteiger charge is -2.47. The third-order valence-corrected chi connectivity index (χ3v) is 6.95. The predicted octanol–water partition coefficient (Wildman–Crippen LogP) is 3.66. The number of halogens is 1. The molecule has 130 valence electrons. The van der Waals surface area contributed by atoms with E-state index in [-0.39, 0.29) is 28.9 Å². The van der Waals surface area contributed by atoms with Crippen molar-refractivity contribution in [1.29, 1.82) is 0 Å². The van der Waals surface area contributed by atoms with Gasteiger partial charge in [0.2, 0.25) is 5.91 Å². The molecule has 3 aliphatic rings. The number of nitrogens with one attached hydrogen (secondary N) is 1. The first-order chi connectivity index (χ1) is 11.8. The average Bonchev–Trinajstić information content (AvgIpc) is 2.90. The molecule has 5 heteroatoms. The second kappa shape index (κ2) is 5.04. The van der Waals surface area contributed by atoms with E-state index in [1.165, 1.54) is 0 Å². The monoisotopic (exact) mass is 356 g/mol. The largest absolute Gasteiger partial charge is 0.325 e. The van der Waals surface area contributed by atoms with Crippen molar-refractivity contribution in [1.82, 2.24) is 0 Å². The molecular weight excluding hydrogens is 336 g/mol. The van der Waals surface area contributed by atoms with Crippen LogP contribution in [0.2, 0.25) is 0 Å². The minimum absolute atomic E-state index is 0.00454. The number of fused-ring (bicyclic) bond motifs is 3. The molecule has 1 N–H and O–H groups in total. The van der Waals surface area contributed by atoms with Crippen molar-refractivity contribution in [3.63, 3.8) is 0 Å². The lowest BCUT2D eigenvalue weighted by Crippen LogP contribution is -2.54. The Labute approximate surface area is 152 Å². The van der Waals surface area contributed by atoms with Crippen molar-refractivity contribution < 1.29 is 9.59 Å². The van der Waals surface area contributed by atoms with Crippen LogP contribution in [0.15, 0.2) is 35.8 Å². The zero-order valence-electron chi connectivity index (χ0n) is 14.4. The van der Waals surface area contributed by atoms with Gasteiger partial charge in [-0.1, -0.05) is 32.1 Å². The van der Waals surface area contributed by atoms with E-state index in [4.69, 9.17) is 11.6 Å². The number of benzene rings is 1. The van der Waals surface area contributed by atoms with Crippen LogP contribution in [0, 0.1) is 17.3 Å². The third kappa shape index (κ3) is 1.76. The highest BCUT2D eigenvalue weighted by molar-refractivity contribution is 6.22. The van der Waals surface area contributed by atoms with E-state index < -0.39 is 16.9 Å². The van der Waals surface area contributed by atoms with Crippen LogP contribution in [-0.4, -0.2) is 23.8 Å². The molecule has 1 aromatic rings. The Morgan fingerprint density at radius 1 is 1.36 bits per heavy atom. The molecule has 1 saturated carbocycles. The van der Waals surface area contributed by atoms with E-state index in [0.29, 0.717) is 6.42 Å². The normalized spacial score (nSPS) is 37.7. The van der Waals surface area contributed by atoms with Crippen molar-refractivity contribution in [3.8, 4) is 0 Å². The SMILES string of the molecule is C=C[C@@H]1[C@H](Cl)C[C@@H]2C(=O)[C@]1(N=C)c1cccc3c1[C@@H](C(=O)N3)C2(C)C. The number of anilines is 1. The highest BCUT2D eigenvalue weighted by Crippen LogP contribution is 2.61. The first-order valence-corrected chi connectivity index (χ1v) is 8.97. The second-order valence-corrected chi connectivity index (χ2v) is 8.43. The number of rotatable bonds is 2. The average molecular weight is 357 g/mol. The summed E-state index contributed by atoms with van der Waals surface area (Å²) in [6, 6.07) is 5.62. The van der Waals surface area contributed by atoms with E-state index in [1.54, 1.807) is 6.08 Å². The van der Waals surface area contributed by atoms with Crippen LogP contribution in [0.5, 0.6) is 0 Å². The lowest BCUT2D eigenvalue weighted by atomic mass is 9.59. The topological polar surface area (TPSA) is 58.5 Å². The molecule has 1 aromatic carbocycles. The van der Waals surface area contributed by atoms with Crippen molar-refractivity contribution in [2.24, 2.45) is 22.2 Å². The van der Waals surface area contributed by atoms with Gasteiger partial charge < -0.3 is 5.32 Å². The van der Waals surface area contributed by atoms with Crippen LogP contribution < -0.4 is 5.32 Å². The van der Waals surface area contributed by atoms with Crippen LogP contribution >= 0.6 is 11.6 Å². The van der Waals surface area contributed by atoms with E-state index in [1.807, 2.05) is 32.0 Å². The summed E-state index contributed by atoms with van der Waals surface area (Å²) in [4.78, 5) is 30.9. The first-order valence-electron chi connectivity index (χ1n) is 8.53. The lowest BCUT2D eigenvalue weighted by molar-refractivity contribution is -0.137. The van der Waals surface area contributed by atoms with Crippen LogP contribution in [0.1, 0.15) is 37.3 Å². The van der Waals surface area contributed by atoms with Gasteiger partial charge in [-0.3, -0.25) is 14.6 Å². The Bertz CT molecular complexity index is 831. The van der Waals surface area contributed by atoms with E-state index in [2.05, 4.69) is 23.6 Å². The maximum Gasteiger partial charge on any atom is 0.232 e. The third-order valence-electron chi connectivity index (χ3n) is 6.50. The van der Waals surface area contributed by atoms with Gasteiger partial charge in [0.05, 0.1) is 5.92 Å². The van der Waals surface area contributed by atoms with E-state index in [9.17, 15) is 9.59 Å². The molecule has 1 heterocycles.